The van der Waals surface area contributed by atoms with Gasteiger partial charge in [-0.3, -0.25) is 0 Å². The number of benzene rings is 1. The second-order valence-electron chi connectivity index (χ2n) is 6.48. The minimum absolute atomic E-state index is 0.139. The highest BCUT2D eigenvalue weighted by atomic mass is 16.3. The molecule has 1 fully saturated rings. The first kappa shape index (κ1) is 15.5. The molecule has 2 nitrogen and oxygen atoms in total. The SMILES string of the molecule is CC(C)C(NC1CCCCCC1)C(O)c1ccccc1. The van der Waals surface area contributed by atoms with Gasteiger partial charge in [0.25, 0.3) is 0 Å². The molecule has 2 heteroatoms. The molecule has 1 saturated carbocycles. The zero-order valence-corrected chi connectivity index (χ0v) is 12.9. The fourth-order valence-corrected chi connectivity index (χ4v) is 3.22. The molecule has 0 radical (unpaired) electrons. The maximum Gasteiger partial charge on any atom is 0.0945 e. The van der Waals surface area contributed by atoms with Crippen LogP contribution in [0.25, 0.3) is 0 Å². The van der Waals surface area contributed by atoms with Crippen molar-refractivity contribution < 1.29 is 5.11 Å². The van der Waals surface area contributed by atoms with E-state index in [2.05, 4.69) is 19.2 Å². The summed E-state index contributed by atoms with van der Waals surface area (Å²) >= 11 is 0. The van der Waals surface area contributed by atoms with Gasteiger partial charge in [-0.2, -0.15) is 0 Å². The molecule has 1 aromatic rings. The van der Waals surface area contributed by atoms with Crippen molar-refractivity contribution in [1.82, 2.24) is 5.32 Å². The van der Waals surface area contributed by atoms with E-state index in [9.17, 15) is 5.11 Å². The fourth-order valence-electron chi connectivity index (χ4n) is 3.22. The average Bonchev–Trinajstić information content (AvgIpc) is 2.73. The molecule has 2 unspecified atom stereocenters. The maximum atomic E-state index is 10.7. The summed E-state index contributed by atoms with van der Waals surface area (Å²) in [6.45, 7) is 4.39. The lowest BCUT2D eigenvalue weighted by atomic mass is 9.92. The van der Waals surface area contributed by atoms with Crippen molar-refractivity contribution in [3.8, 4) is 0 Å². The van der Waals surface area contributed by atoms with Crippen LogP contribution in [-0.4, -0.2) is 17.2 Å². The topological polar surface area (TPSA) is 32.3 Å². The van der Waals surface area contributed by atoms with E-state index in [1.54, 1.807) is 0 Å². The zero-order chi connectivity index (χ0) is 14.4. The van der Waals surface area contributed by atoms with Crippen LogP contribution in [0.3, 0.4) is 0 Å². The van der Waals surface area contributed by atoms with Crippen molar-refractivity contribution in [2.24, 2.45) is 5.92 Å². The Balaban J connectivity index is 2.02. The van der Waals surface area contributed by atoms with Crippen molar-refractivity contribution in [2.45, 2.75) is 70.6 Å². The first-order chi connectivity index (χ1) is 9.68. The molecular weight excluding hydrogens is 246 g/mol. The summed E-state index contributed by atoms with van der Waals surface area (Å²) in [5.41, 5.74) is 1.02. The fraction of sp³-hybridized carbons (Fsp3) is 0.667. The van der Waals surface area contributed by atoms with E-state index in [1.807, 2.05) is 30.3 Å². The summed E-state index contributed by atoms with van der Waals surface area (Å²) < 4.78 is 0. The highest BCUT2D eigenvalue weighted by Crippen LogP contribution is 2.25. The van der Waals surface area contributed by atoms with Gasteiger partial charge in [-0.25, -0.2) is 0 Å². The molecule has 0 bridgehead atoms. The Morgan fingerprint density at radius 2 is 1.60 bits per heavy atom. The van der Waals surface area contributed by atoms with E-state index < -0.39 is 6.10 Å². The molecule has 0 amide bonds. The van der Waals surface area contributed by atoms with Gasteiger partial charge in [0.2, 0.25) is 0 Å². The van der Waals surface area contributed by atoms with Gasteiger partial charge in [0.15, 0.2) is 0 Å². The second-order valence-corrected chi connectivity index (χ2v) is 6.48. The number of hydrogen-bond acceptors (Lipinski definition) is 2. The quantitative estimate of drug-likeness (QED) is 0.794. The summed E-state index contributed by atoms with van der Waals surface area (Å²) in [5, 5.41) is 14.4. The van der Waals surface area contributed by atoms with E-state index in [0.29, 0.717) is 12.0 Å². The monoisotopic (exact) mass is 275 g/mol. The lowest BCUT2D eigenvalue weighted by molar-refractivity contribution is 0.0960. The average molecular weight is 275 g/mol. The van der Waals surface area contributed by atoms with E-state index >= 15 is 0 Å². The lowest BCUT2D eigenvalue weighted by Crippen LogP contribution is -2.45. The van der Waals surface area contributed by atoms with Gasteiger partial charge in [-0.1, -0.05) is 69.9 Å². The third-order valence-corrected chi connectivity index (χ3v) is 4.48. The van der Waals surface area contributed by atoms with Gasteiger partial charge < -0.3 is 10.4 Å². The lowest BCUT2D eigenvalue weighted by Gasteiger charge is -2.32. The Hall–Kier alpha value is -0.860. The van der Waals surface area contributed by atoms with Crippen LogP contribution < -0.4 is 5.32 Å². The predicted molar refractivity (Wildman–Crippen MR) is 84.7 cm³/mol. The number of hydrogen-bond donors (Lipinski definition) is 2. The molecule has 1 aromatic carbocycles. The molecule has 0 aromatic heterocycles. The highest BCUT2D eigenvalue weighted by Gasteiger charge is 2.26. The molecule has 0 saturated heterocycles. The van der Waals surface area contributed by atoms with E-state index in [0.717, 1.165) is 5.56 Å². The van der Waals surface area contributed by atoms with E-state index in [4.69, 9.17) is 0 Å². The molecular formula is C18H29NO. The minimum atomic E-state index is -0.417. The van der Waals surface area contributed by atoms with Crippen molar-refractivity contribution in [2.75, 3.05) is 0 Å². The van der Waals surface area contributed by atoms with Crippen LogP contribution in [0.15, 0.2) is 30.3 Å². The molecule has 0 heterocycles. The van der Waals surface area contributed by atoms with Crippen molar-refractivity contribution >= 4 is 0 Å². The molecule has 1 aliphatic carbocycles. The first-order valence-electron chi connectivity index (χ1n) is 8.17. The van der Waals surface area contributed by atoms with E-state index in [-0.39, 0.29) is 6.04 Å². The summed E-state index contributed by atoms with van der Waals surface area (Å²) in [5.74, 6) is 0.424. The Morgan fingerprint density at radius 1 is 1.00 bits per heavy atom. The second kappa shape index (κ2) is 7.80. The number of rotatable bonds is 5. The van der Waals surface area contributed by atoms with Crippen LogP contribution in [0, 0.1) is 5.92 Å². The summed E-state index contributed by atoms with van der Waals surface area (Å²) in [4.78, 5) is 0. The van der Waals surface area contributed by atoms with Crippen molar-refractivity contribution in [3.05, 3.63) is 35.9 Å². The molecule has 2 N–H and O–H groups in total. The molecule has 0 aliphatic heterocycles. The molecule has 2 rings (SSSR count). The zero-order valence-electron chi connectivity index (χ0n) is 12.9. The number of nitrogens with one attached hydrogen (secondary N) is 1. The minimum Gasteiger partial charge on any atom is -0.387 e. The van der Waals surface area contributed by atoms with Crippen LogP contribution in [0.2, 0.25) is 0 Å². The van der Waals surface area contributed by atoms with Crippen molar-refractivity contribution in [3.63, 3.8) is 0 Å². The highest BCUT2D eigenvalue weighted by molar-refractivity contribution is 5.19. The molecule has 1 aliphatic rings. The van der Waals surface area contributed by atoms with E-state index in [1.165, 1.54) is 38.5 Å². The molecule has 20 heavy (non-hydrogen) atoms. The van der Waals surface area contributed by atoms with Crippen LogP contribution in [0.1, 0.15) is 64.0 Å². The summed E-state index contributed by atoms with van der Waals surface area (Å²) in [7, 11) is 0. The Bertz CT molecular complexity index is 368. The first-order valence-corrected chi connectivity index (χ1v) is 8.17. The summed E-state index contributed by atoms with van der Waals surface area (Å²) in [6, 6.07) is 10.8. The van der Waals surface area contributed by atoms with Gasteiger partial charge in [-0.15, -0.1) is 0 Å². The third kappa shape index (κ3) is 4.32. The largest absolute Gasteiger partial charge is 0.387 e. The molecule has 112 valence electrons. The smallest absolute Gasteiger partial charge is 0.0945 e. The molecule has 0 spiro atoms. The standard InChI is InChI=1S/C18H29NO/c1-14(2)17(18(20)15-10-6-5-7-11-15)19-16-12-8-3-4-9-13-16/h5-7,10-11,14,16-20H,3-4,8-9,12-13H2,1-2H3. The Labute approximate surface area is 123 Å². The van der Waals surface area contributed by atoms with Gasteiger partial charge >= 0.3 is 0 Å². The number of aliphatic hydroxyl groups is 1. The van der Waals surface area contributed by atoms with Gasteiger partial charge in [0.1, 0.15) is 0 Å². The number of aliphatic hydroxyl groups excluding tert-OH is 1. The van der Waals surface area contributed by atoms with Crippen LogP contribution in [0.4, 0.5) is 0 Å². The van der Waals surface area contributed by atoms with Gasteiger partial charge in [-0.05, 0) is 24.3 Å². The van der Waals surface area contributed by atoms with Crippen molar-refractivity contribution in [1.29, 1.82) is 0 Å². The van der Waals surface area contributed by atoms with Gasteiger partial charge in [0, 0.05) is 12.1 Å². The Kier molecular flexibility index (Phi) is 6.06. The summed E-state index contributed by atoms with van der Waals surface area (Å²) in [6.07, 6.45) is 7.47. The molecule has 2 atom stereocenters. The van der Waals surface area contributed by atoms with Crippen LogP contribution in [0.5, 0.6) is 0 Å². The maximum absolute atomic E-state index is 10.7. The predicted octanol–water partition coefficient (Wildman–Crippen LogP) is 4.06. The van der Waals surface area contributed by atoms with Crippen LogP contribution in [-0.2, 0) is 0 Å². The third-order valence-electron chi connectivity index (χ3n) is 4.48. The Morgan fingerprint density at radius 3 is 2.15 bits per heavy atom. The normalized spacial score (nSPS) is 20.6. The van der Waals surface area contributed by atoms with Crippen LogP contribution >= 0.6 is 0 Å². The van der Waals surface area contributed by atoms with Gasteiger partial charge in [0.05, 0.1) is 6.10 Å².